The third-order valence-corrected chi connectivity index (χ3v) is 6.60. The first-order valence-corrected chi connectivity index (χ1v) is 12.7. The van der Waals surface area contributed by atoms with E-state index in [4.69, 9.17) is 27.9 Å². The van der Waals surface area contributed by atoms with Crippen LogP contribution in [0.4, 0.5) is 0 Å². The van der Waals surface area contributed by atoms with E-state index in [-0.39, 0.29) is 24.1 Å². The van der Waals surface area contributed by atoms with Crippen LogP contribution >= 0.6 is 35.0 Å². The van der Waals surface area contributed by atoms with Gasteiger partial charge in [0, 0.05) is 17.8 Å². The number of ether oxygens (including phenoxy) is 1. The molecule has 5 nitrogen and oxygen atoms in total. The summed E-state index contributed by atoms with van der Waals surface area (Å²) in [6.45, 7) is 7.95. The molecular formula is C25H32Cl2N2O3S. The summed E-state index contributed by atoms with van der Waals surface area (Å²) >= 11 is 13.8. The maximum absolute atomic E-state index is 13.3. The van der Waals surface area contributed by atoms with E-state index in [0.29, 0.717) is 22.2 Å². The Balaban J connectivity index is 2.16. The van der Waals surface area contributed by atoms with Crippen LogP contribution in [0.2, 0.25) is 10.0 Å². The molecule has 1 atom stereocenters. The second-order valence-corrected chi connectivity index (χ2v) is 10.6. The summed E-state index contributed by atoms with van der Waals surface area (Å²) in [6, 6.07) is 12.4. The largest absolute Gasteiger partial charge is 0.497 e. The molecule has 0 saturated carbocycles. The third-order valence-electron chi connectivity index (χ3n) is 4.87. The molecule has 0 aliphatic carbocycles. The van der Waals surface area contributed by atoms with Gasteiger partial charge in [-0.25, -0.2) is 0 Å². The molecule has 0 spiro atoms. The van der Waals surface area contributed by atoms with Gasteiger partial charge >= 0.3 is 0 Å². The van der Waals surface area contributed by atoms with E-state index in [1.165, 1.54) is 11.8 Å². The quantitative estimate of drug-likeness (QED) is 0.428. The summed E-state index contributed by atoms with van der Waals surface area (Å²) < 4.78 is 5.19. The van der Waals surface area contributed by atoms with Crippen molar-refractivity contribution >= 4 is 46.8 Å². The lowest BCUT2D eigenvalue weighted by Crippen LogP contribution is -2.53. The maximum atomic E-state index is 13.3. The van der Waals surface area contributed by atoms with Crippen molar-refractivity contribution in [2.24, 2.45) is 0 Å². The number of benzene rings is 2. The van der Waals surface area contributed by atoms with Crippen molar-refractivity contribution < 1.29 is 14.3 Å². The average molecular weight is 512 g/mol. The fraction of sp³-hybridized carbons (Fsp3) is 0.440. The molecule has 33 heavy (non-hydrogen) atoms. The zero-order valence-electron chi connectivity index (χ0n) is 19.8. The van der Waals surface area contributed by atoms with Crippen molar-refractivity contribution in [3.05, 3.63) is 63.6 Å². The summed E-state index contributed by atoms with van der Waals surface area (Å²) in [7, 11) is 1.63. The average Bonchev–Trinajstić information content (AvgIpc) is 2.75. The number of amides is 2. The molecule has 1 N–H and O–H groups in total. The van der Waals surface area contributed by atoms with Crippen LogP contribution in [0.25, 0.3) is 0 Å². The smallest absolute Gasteiger partial charge is 0.243 e. The first-order chi connectivity index (χ1) is 15.5. The van der Waals surface area contributed by atoms with Crippen molar-refractivity contribution in [1.82, 2.24) is 10.2 Å². The molecule has 0 saturated heterocycles. The van der Waals surface area contributed by atoms with Gasteiger partial charge in [-0.2, -0.15) is 0 Å². The molecular weight excluding hydrogens is 479 g/mol. The number of hydrogen-bond acceptors (Lipinski definition) is 4. The second-order valence-electron chi connectivity index (χ2n) is 8.77. The first-order valence-electron chi connectivity index (χ1n) is 10.8. The van der Waals surface area contributed by atoms with Gasteiger partial charge < -0.3 is 15.0 Å². The number of hydrogen-bond donors (Lipinski definition) is 1. The van der Waals surface area contributed by atoms with E-state index < -0.39 is 11.6 Å². The van der Waals surface area contributed by atoms with Crippen LogP contribution in [-0.4, -0.2) is 41.2 Å². The van der Waals surface area contributed by atoms with E-state index in [1.807, 2.05) is 58.0 Å². The lowest BCUT2D eigenvalue weighted by Gasteiger charge is -2.33. The zero-order valence-corrected chi connectivity index (χ0v) is 22.1. The standard InChI is InChI=1S/C25H32Cl2N2O3S/c1-6-22(24(31)28-25(2,3)4)29(14-18-9-12-20(26)21(27)13-18)23(30)16-33-15-17-7-10-19(32-5)11-8-17/h7-13,22H,6,14-16H2,1-5H3,(H,28,31)/t22-/m1/s1. The molecule has 2 aromatic carbocycles. The molecule has 0 fully saturated rings. The lowest BCUT2D eigenvalue weighted by molar-refractivity contribution is -0.140. The van der Waals surface area contributed by atoms with Crippen LogP contribution < -0.4 is 10.1 Å². The highest BCUT2D eigenvalue weighted by Crippen LogP contribution is 2.25. The van der Waals surface area contributed by atoms with Gasteiger partial charge in [-0.3, -0.25) is 9.59 Å². The molecule has 2 aromatic rings. The summed E-state index contributed by atoms with van der Waals surface area (Å²) in [6.07, 6.45) is 0.498. The monoisotopic (exact) mass is 510 g/mol. The van der Waals surface area contributed by atoms with Crippen LogP contribution in [0.3, 0.4) is 0 Å². The number of methoxy groups -OCH3 is 1. The fourth-order valence-corrected chi connectivity index (χ4v) is 4.46. The SMILES string of the molecule is CC[C@H](C(=O)NC(C)(C)C)N(Cc1ccc(Cl)c(Cl)c1)C(=O)CSCc1ccc(OC)cc1. The van der Waals surface area contributed by atoms with Gasteiger partial charge in [0.05, 0.1) is 22.9 Å². The second kappa shape index (κ2) is 12.5. The Hall–Kier alpha value is -1.89. The van der Waals surface area contributed by atoms with Gasteiger partial charge in [-0.1, -0.05) is 48.3 Å². The highest BCUT2D eigenvalue weighted by Gasteiger charge is 2.30. The molecule has 0 bridgehead atoms. The van der Waals surface area contributed by atoms with E-state index >= 15 is 0 Å². The number of rotatable bonds is 10. The Labute approximate surface area is 211 Å². The summed E-state index contributed by atoms with van der Waals surface area (Å²) in [4.78, 5) is 28.0. The molecule has 0 heterocycles. The van der Waals surface area contributed by atoms with Crippen molar-refractivity contribution in [3.8, 4) is 5.75 Å². The van der Waals surface area contributed by atoms with Crippen LogP contribution in [0.5, 0.6) is 5.75 Å². The maximum Gasteiger partial charge on any atom is 0.243 e. The van der Waals surface area contributed by atoms with Gasteiger partial charge in [-0.05, 0) is 62.6 Å². The third kappa shape index (κ3) is 8.76. The van der Waals surface area contributed by atoms with Gasteiger partial charge in [-0.15, -0.1) is 11.8 Å². The fourth-order valence-electron chi connectivity index (χ4n) is 3.27. The number of thioether (sulfide) groups is 1. The summed E-state index contributed by atoms with van der Waals surface area (Å²) in [5.41, 5.74) is 1.52. The van der Waals surface area contributed by atoms with E-state index in [2.05, 4.69) is 5.32 Å². The Morgan fingerprint density at radius 1 is 1.06 bits per heavy atom. The molecule has 180 valence electrons. The van der Waals surface area contributed by atoms with Crippen molar-refractivity contribution in [1.29, 1.82) is 0 Å². The number of nitrogens with one attached hydrogen (secondary N) is 1. The van der Waals surface area contributed by atoms with Gasteiger partial charge in [0.25, 0.3) is 0 Å². The van der Waals surface area contributed by atoms with Gasteiger partial charge in [0.15, 0.2) is 0 Å². The predicted octanol–water partition coefficient (Wildman–Crippen LogP) is 5.96. The van der Waals surface area contributed by atoms with Crippen LogP contribution in [0, 0.1) is 0 Å². The lowest BCUT2D eigenvalue weighted by atomic mass is 10.1. The molecule has 2 rings (SSSR count). The molecule has 0 aromatic heterocycles. The van der Waals surface area contributed by atoms with Crippen LogP contribution in [0.1, 0.15) is 45.2 Å². The Kier molecular flexibility index (Phi) is 10.4. The van der Waals surface area contributed by atoms with E-state index in [0.717, 1.165) is 16.9 Å². The van der Waals surface area contributed by atoms with Gasteiger partial charge in [0.2, 0.25) is 11.8 Å². The number of nitrogens with zero attached hydrogens (tertiary/aromatic N) is 1. The molecule has 0 aliphatic rings. The molecule has 0 radical (unpaired) electrons. The molecule has 0 unspecified atom stereocenters. The Bertz CT molecular complexity index is 946. The molecule has 2 amide bonds. The minimum absolute atomic E-state index is 0.101. The Morgan fingerprint density at radius 2 is 1.70 bits per heavy atom. The molecule has 0 aliphatic heterocycles. The topological polar surface area (TPSA) is 58.6 Å². The first kappa shape index (κ1) is 27.4. The summed E-state index contributed by atoms with van der Waals surface area (Å²) in [5.74, 6) is 1.46. The van der Waals surface area contributed by atoms with Crippen molar-refractivity contribution in [2.75, 3.05) is 12.9 Å². The molecule has 8 heteroatoms. The minimum atomic E-state index is -0.590. The van der Waals surface area contributed by atoms with Crippen LogP contribution in [0.15, 0.2) is 42.5 Å². The number of halogens is 2. The Morgan fingerprint density at radius 3 is 2.24 bits per heavy atom. The highest BCUT2D eigenvalue weighted by molar-refractivity contribution is 7.99. The van der Waals surface area contributed by atoms with Crippen molar-refractivity contribution in [2.45, 2.75) is 58.0 Å². The summed E-state index contributed by atoms with van der Waals surface area (Å²) in [5, 5.41) is 3.87. The van der Waals surface area contributed by atoms with Crippen molar-refractivity contribution in [3.63, 3.8) is 0 Å². The predicted molar refractivity (Wildman–Crippen MR) is 138 cm³/mol. The highest BCUT2D eigenvalue weighted by atomic mass is 35.5. The minimum Gasteiger partial charge on any atom is -0.497 e. The van der Waals surface area contributed by atoms with Crippen LogP contribution in [-0.2, 0) is 21.9 Å². The van der Waals surface area contributed by atoms with E-state index in [1.54, 1.807) is 24.1 Å². The van der Waals surface area contributed by atoms with Gasteiger partial charge in [0.1, 0.15) is 11.8 Å². The zero-order chi connectivity index (χ0) is 24.6. The van der Waals surface area contributed by atoms with E-state index in [9.17, 15) is 9.59 Å². The normalized spacial score (nSPS) is 12.2. The number of carbonyl (C=O) groups is 2. The number of carbonyl (C=O) groups excluding carboxylic acids is 2.